The third-order valence-corrected chi connectivity index (χ3v) is 6.73. The molecule has 0 saturated heterocycles. The van der Waals surface area contributed by atoms with Crippen molar-refractivity contribution in [3.63, 3.8) is 0 Å². The van der Waals surface area contributed by atoms with Gasteiger partial charge in [-0.3, -0.25) is 4.79 Å². The van der Waals surface area contributed by atoms with Crippen molar-refractivity contribution in [2.24, 2.45) is 5.41 Å². The first-order valence-electron chi connectivity index (χ1n) is 10.5. The molecule has 0 heterocycles. The van der Waals surface area contributed by atoms with E-state index in [9.17, 15) is 9.36 Å². The maximum atomic E-state index is 12.9. The highest BCUT2D eigenvalue weighted by Gasteiger charge is 2.40. The Morgan fingerprint density at radius 2 is 1.25 bits per heavy atom. The molecule has 0 N–H and O–H groups in total. The summed E-state index contributed by atoms with van der Waals surface area (Å²) < 4.78 is 22.1. The van der Waals surface area contributed by atoms with E-state index >= 15 is 0 Å². The van der Waals surface area contributed by atoms with Gasteiger partial charge in [-0.05, 0) is 35.1 Å². The van der Waals surface area contributed by atoms with Crippen molar-refractivity contribution in [3.05, 3.63) is 108 Å². The highest BCUT2D eigenvalue weighted by molar-refractivity contribution is 8.13. The highest BCUT2D eigenvalue weighted by atomic mass is 32.2. The molecule has 0 aliphatic rings. The monoisotopic (exact) mass is 467 g/mol. The van der Waals surface area contributed by atoms with Crippen molar-refractivity contribution in [1.82, 2.24) is 0 Å². The van der Waals surface area contributed by atoms with Gasteiger partial charge < -0.3 is 4.74 Å². The second-order valence-corrected chi connectivity index (χ2v) is 9.54. The Hall–Kier alpha value is -2.30. The van der Waals surface area contributed by atoms with E-state index in [0.717, 1.165) is 16.7 Å². The summed E-state index contributed by atoms with van der Waals surface area (Å²) in [7, 11) is -0.807. The number of rotatable bonds is 11. The summed E-state index contributed by atoms with van der Waals surface area (Å²) in [5.41, 5.74) is 1.40. The molecule has 3 aromatic carbocycles. The summed E-state index contributed by atoms with van der Waals surface area (Å²) in [5, 5.41) is 0.0124. The van der Waals surface area contributed by atoms with Crippen LogP contribution >= 0.6 is 20.4 Å². The molecule has 1 atom stereocenters. The van der Waals surface area contributed by atoms with Crippen LogP contribution in [0.15, 0.2) is 91.0 Å². The lowest BCUT2D eigenvalue weighted by Gasteiger charge is -2.38. The van der Waals surface area contributed by atoms with E-state index in [1.807, 2.05) is 68.4 Å². The molecule has 0 aromatic heterocycles. The van der Waals surface area contributed by atoms with Crippen LogP contribution in [0.5, 0.6) is 0 Å². The fourth-order valence-electron chi connectivity index (χ4n) is 3.53. The SMILES string of the molecule is CC(C)(COC(c1ccccc1)(c1ccccc1)c1ccccc1)C(=O)SCCO[PH+]=O. The van der Waals surface area contributed by atoms with Crippen LogP contribution in [0.25, 0.3) is 0 Å². The first-order chi connectivity index (χ1) is 15.5. The van der Waals surface area contributed by atoms with Gasteiger partial charge in [0.15, 0.2) is 5.12 Å². The van der Waals surface area contributed by atoms with Gasteiger partial charge >= 0.3 is 8.69 Å². The summed E-state index contributed by atoms with van der Waals surface area (Å²) in [6.45, 7) is 4.29. The Morgan fingerprint density at radius 1 is 0.812 bits per heavy atom. The minimum atomic E-state index is -0.862. The fraction of sp³-hybridized carbons (Fsp3) is 0.269. The van der Waals surface area contributed by atoms with E-state index in [-0.39, 0.29) is 18.3 Å². The quantitative estimate of drug-likeness (QED) is 0.190. The molecular formula is C26H28O4PS+. The first kappa shape index (κ1) is 24.3. The van der Waals surface area contributed by atoms with Gasteiger partial charge in [0, 0.05) is 5.75 Å². The average molecular weight is 468 g/mol. The van der Waals surface area contributed by atoms with E-state index in [0.29, 0.717) is 5.75 Å². The van der Waals surface area contributed by atoms with E-state index in [2.05, 4.69) is 36.4 Å². The average Bonchev–Trinajstić information content (AvgIpc) is 2.84. The van der Waals surface area contributed by atoms with Gasteiger partial charge in [-0.1, -0.05) is 103 Å². The molecule has 0 fully saturated rings. The predicted octanol–water partition coefficient (Wildman–Crippen LogP) is 6.24. The summed E-state index contributed by atoms with van der Waals surface area (Å²) in [6.07, 6.45) is 0. The Balaban J connectivity index is 1.98. The van der Waals surface area contributed by atoms with Crippen LogP contribution in [0.1, 0.15) is 30.5 Å². The van der Waals surface area contributed by atoms with Crippen LogP contribution in [0.2, 0.25) is 0 Å². The van der Waals surface area contributed by atoms with Gasteiger partial charge in [-0.25, -0.2) is 0 Å². The third-order valence-electron chi connectivity index (χ3n) is 5.22. The summed E-state index contributed by atoms with van der Waals surface area (Å²) in [5.74, 6) is 0.457. The molecule has 0 amide bonds. The molecule has 0 radical (unpaired) electrons. The molecule has 3 aromatic rings. The molecule has 0 bridgehead atoms. The molecule has 0 saturated carbocycles. The van der Waals surface area contributed by atoms with Crippen molar-refractivity contribution >= 4 is 25.6 Å². The molecule has 4 nitrogen and oxygen atoms in total. The van der Waals surface area contributed by atoms with Gasteiger partial charge in [-0.15, -0.1) is 4.52 Å². The molecule has 166 valence electrons. The van der Waals surface area contributed by atoms with Crippen molar-refractivity contribution in [1.29, 1.82) is 0 Å². The van der Waals surface area contributed by atoms with Gasteiger partial charge in [0.1, 0.15) is 12.2 Å². The largest absolute Gasteiger partial charge is 0.494 e. The molecule has 32 heavy (non-hydrogen) atoms. The normalized spacial score (nSPS) is 12.1. The highest BCUT2D eigenvalue weighted by Crippen LogP contribution is 2.42. The van der Waals surface area contributed by atoms with E-state index in [4.69, 9.17) is 9.26 Å². The van der Waals surface area contributed by atoms with Crippen molar-refractivity contribution in [2.45, 2.75) is 19.4 Å². The molecular weight excluding hydrogens is 439 g/mol. The van der Waals surface area contributed by atoms with Gasteiger partial charge in [0.05, 0.1) is 12.0 Å². The number of hydrogen-bond acceptors (Lipinski definition) is 5. The van der Waals surface area contributed by atoms with E-state index in [1.54, 1.807) is 0 Å². The zero-order valence-corrected chi connectivity index (χ0v) is 20.1. The zero-order valence-electron chi connectivity index (χ0n) is 18.3. The van der Waals surface area contributed by atoms with Crippen molar-refractivity contribution in [3.8, 4) is 0 Å². The Morgan fingerprint density at radius 3 is 1.66 bits per heavy atom. The van der Waals surface area contributed by atoms with Gasteiger partial charge in [-0.2, -0.15) is 0 Å². The molecule has 0 aliphatic carbocycles. The molecule has 6 heteroatoms. The number of carbonyl (C=O) groups is 1. The second-order valence-electron chi connectivity index (χ2n) is 8.02. The third kappa shape index (κ3) is 5.73. The maximum Gasteiger partial charge on any atom is 0.494 e. The lowest BCUT2D eigenvalue weighted by Crippen LogP contribution is -2.38. The van der Waals surface area contributed by atoms with E-state index < -0.39 is 19.7 Å². The fourth-order valence-corrected chi connectivity index (χ4v) is 4.66. The number of hydrogen-bond donors (Lipinski definition) is 0. The predicted molar refractivity (Wildman–Crippen MR) is 131 cm³/mol. The lowest BCUT2D eigenvalue weighted by molar-refractivity contribution is -0.124. The van der Waals surface area contributed by atoms with Crippen LogP contribution in [-0.2, 0) is 24.2 Å². The molecule has 0 spiro atoms. The first-order valence-corrected chi connectivity index (χ1v) is 12.3. The van der Waals surface area contributed by atoms with Crippen LogP contribution < -0.4 is 0 Å². The maximum absolute atomic E-state index is 12.9. The Kier molecular flexibility index (Phi) is 8.77. The Bertz CT molecular complexity index is 897. The minimum Gasteiger partial charge on any atom is -0.360 e. The summed E-state index contributed by atoms with van der Waals surface area (Å²) in [6, 6.07) is 30.3. The Labute approximate surface area is 195 Å². The number of carbonyl (C=O) groups excluding carboxylic acids is 1. The van der Waals surface area contributed by atoms with Crippen LogP contribution in [0, 0.1) is 5.41 Å². The van der Waals surface area contributed by atoms with Gasteiger partial charge in [0.25, 0.3) is 0 Å². The minimum absolute atomic E-state index is 0.0124. The number of ether oxygens (including phenoxy) is 1. The number of thioether (sulfide) groups is 1. The standard InChI is InChI=1S/C26H28O4PS/c1-25(2,24(27)32-19-18-30-31-28)20-29-26(21-12-6-3-7-13-21,22-14-8-4-9-15-22)23-16-10-5-11-17-23/h3-17,31H,18-20H2,1-2H3/q+1. The van der Waals surface area contributed by atoms with Crippen LogP contribution in [0.3, 0.4) is 0 Å². The topological polar surface area (TPSA) is 52.6 Å². The van der Waals surface area contributed by atoms with Crippen molar-refractivity contribution < 1.29 is 18.6 Å². The van der Waals surface area contributed by atoms with E-state index in [1.165, 1.54) is 11.8 Å². The lowest BCUT2D eigenvalue weighted by atomic mass is 9.79. The van der Waals surface area contributed by atoms with Crippen molar-refractivity contribution in [2.75, 3.05) is 19.0 Å². The number of benzene rings is 3. The molecule has 1 unspecified atom stereocenters. The van der Waals surface area contributed by atoms with Crippen LogP contribution in [-0.4, -0.2) is 24.1 Å². The summed E-state index contributed by atoms with van der Waals surface area (Å²) >= 11 is 1.18. The van der Waals surface area contributed by atoms with Crippen LogP contribution in [0.4, 0.5) is 0 Å². The summed E-state index contributed by atoms with van der Waals surface area (Å²) in [4.78, 5) is 12.9. The molecule has 3 rings (SSSR count). The second kappa shape index (κ2) is 11.5. The zero-order chi connectivity index (χ0) is 22.9. The van der Waals surface area contributed by atoms with Gasteiger partial charge in [0.2, 0.25) is 0 Å². The smallest absolute Gasteiger partial charge is 0.360 e. The molecule has 0 aliphatic heterocycles.